The second kappa shape index (κ2) is 9.25. The maximum atomic E-state index is 12.2. The lowest BCUT2D eigenvalue weighted by Crippen LogP contribution is -2.16. The first kappa shape index (κ1) is 19.0. The van der Waals surface area contributed by atoms with Crippen LogP contribution in [0.15, 0.2) is 60.3 Å². The average molecular weight is 369 g/mol. The molecule has 0 saturated carbocycles. The van der Waals surface area contributed by atoms with Crippen LogP contribution < -0.4 is 16.0 Å². The summed E-state index contributed by atoms with van der Waals surface area (Å²) in [5.41, 5.74) is 1.92. The molecule has 0 fully saturated rings. The fourth-order valence-electron chi connectivity index (χ4n) is 2.09. The number of nitrogens with zero attached hydrogens (tertiary/aromatic N) is 1. The molecule has 3 N–H and O–H groups in total. The topological polar surface area (TPSA) is 94.0 Å². The van der Waals surface area contributed by atoms with Crippen molar-refractivity contribution in [1.82, 2.24) is 5.32 Å². The van der Waals surface area contributed by atoms with E-state index in [1.165, 1.54) is 13.1 Å². The Hall–Kier alpha value is -3.30. The third-order valence-electron chi connectivity index (χ3n) is 3.32. The van der Waals surface area contributed by atoms with Crippen LogP contribution in [0, 0.1) is 11.3 Å². The smallest absolute Gasteiger partial charge is 0.267 e. The summed E-state index contributed by atoms with van der Waals surface area (Å²) in [6.07, 6.45) is 1.35. The molecule has 0 saturated heterocycles. The van der Waals surface area contributed by atoms with Crippen LogP contribution in [-0.2, 0) is 16.1 Å². The molecule has 0 aliphatic carbocycles. The van der Waals surface area contributed by atoms with Crippen LogP contribution in [0.2, 0.25) is 5.02 Å². The molecule has 0 bridgehead atoms. The van der Waals surface area contributed by atoms with Crippen molar-refractivity contribution in [2.45, 2.75) is 13.5 Å². The molecular formula is C19H17ClN4O2. The highest BCUT2D eigenvalue weighted by Gasteiger charge is 2.09. The van der Waals surface area contributed by atoms with Crippen molar-refractivity contribution in [2.24, 2.45) is 0 Å². The van der Waals surface area contributed by atoms with Gasteiger partial charge in [0.2, 0.25) is 5.91 Å². The van der Waals surface area contributed by atoms with Crippen LogP contribution in [0.4, 0.5) is 11.4 Å². The molecule has 2 aromatic rings. The lowest BCUT2D eigenvalue weighted by molar-refractivity contribution is -0.114. The molecule has 2 amide bonds. The number of hydrogen-bond donors (Lipinski definition) is 3. The van der Waals surface area contributed by atoms with E-state index < -0.39 is 5.91 Å². The molecule has 0 aliphatic heterocycles. The summed E-state index contributed by atoms with van der Waals surface area (Å²) in [4.78, 5) is 23.2. The Kier molecular flexibility index (Phi) is 6.77. The fraction of sp³-hybridized carbons (Fsp3) is 0.105. The predicted octanol–water partition coefficient (Wildman–Crippen LogP) is 3.43. The summed E-state index contributed by atoms with van der Waals surface area (Å²) >= 11 is 6.06. The van der Waals surface area contributed by atoms with Crippen LogP contribution in [0.25, 0.3) is 0 Å². The standard InChI is InChI=1S/C19H17ClN4O2/c1-13(25)23-16-6-8-17(9-7-16)24-19(26)15(10-21)12-22-11-14-4-2-3-5-18(14)20/h2-9,12,22H,11H2,1H3,(H,23,25)(H,24,26)/b15-12-. The largest absolute Gasteiger partial charge is 0.386 e. The van der Waals surface area contributed by atoms with Crippen LogP contribution >= 0.6 is 11.6 Å². The second-order valence-corrected chi connectivity index (χ2v) is 5.76. The number of halogens is 1. The van der Waals surface area contributed by atoms with E-state index >= 15 is 0 Å². The molecule has 0 aliphatic rings. The van der Waals surface area contributed by atoms with Gasteiger partial charge >= 0.3 is 0 Å². The number of rotatable bonds is 6. The van der Waals surface area contributed by atoms with Crippen LogP contribution in [0.5, 0.6) is 0 Å². The maximum absolute atomic E-state index is 12.2. The Labute approximate surface area is 156 Å². The summed E-state index contributed by atoms with van der Waals surface area (Å²) in [5.74, 6) is -0.715. The average Bonchev–Trinajstić information content (AvgIpc) is 2.61. The van der Waals surface area contributed by atoms with Gasteiger partial charge in [-0.1, -0.05) is 29.8 Å². The van der Waals surface area contributed by atoms with Crippen molar-refractivity contribution >= 4 is 34.8 Å². The van der Waals surface area contributed by atoms with Gasteiger partial charge in [-0.15, -0.1) is 0 Å². The summed E-state index contributed by atoms with van der Waals surface area (Å²) in [5, 5.41) is 18.0. The highest BCUT2D eigenvalue weighted by atomic mass is 35.5. The summed E-state index contributed by atoms with van der Waals surface area (Å²) in [7, 11) is 0. The van der Waals surface area contributed by atoms with Gasteiger partial charge in [0.1, 0.15) is 11.6 Å². The van der Waals surface area contributed by atoms with E-state index in [0.29, 0.717) is 22.9 Å². The van der Waals surface area contributed by atoms with Gasteiger partial charge in [-0.2, -0.15) is 5.26 Å². The zero-order valence-electron chi connectivity index (χ0n) is 14.0. The minimum absolute atomic E-state index is 0.0667. The highest BCUT2D eigenvalue weighted by Crippen LogP contribution is 2.15. The number of benzene rings is 2. The van der Waals surface area contributed by atoms with Gasteiger partial charge in [-0.3, -0.25) is 9.59 Å². The first-order valence-electron chi connectivity index (χ1n) is 7.75. The summed E-state index contributed by atoms with van der Waals surface area (Å²) in [6, 6.07) is 15.7. The molecular weight excluding hydrogens is 352 g/mol. The number of nitriles is 1. The Morgan fingerprint density at radius 1 is 1.08 bits per heavy atom. The van der Waals surface area contributed by atoms with E-state index in [0.717, 1.165) is 5.56 Å². The molecule has 6 nitrogen and oxygen atoms in total. The number of carbonyl (C=O) groups is 2. The second-order valence-electron chi connectivity index (χ2n) is 5.35. The van der Waals surface area contributed by atoms with Gasteiger partial charge in [-0.05, 0) is 35.9 Å². The molecule has 7 heteroatoms. The van der Waals surface area contributed by atoms with E-state index in [1.807, 2.05) is 24.3 Å². The van der Waals surface area contributed by atoms with Crippen molar-refractivity contribution in [2.75, 3.05) is 10.6 Å². The third kappa shape index (κ3) is 5.65. The van der Waals surface area contributed by atoms with E-state index in [2.05, 4.69) is 16.0 Å². The first-order chi connectivity index (χ1) is 12.5. The molecule has 0 spiro atoms. The Bertz CT molecular complexity index is 870. The maximum Gasteiger partial charge on any atom is 0.267 e. The molecule has 2 aromatic carbocycles. The fourth-order valence-corrected chi connectivity index (χ4v) is 2.29. The van der Waals surface area contributed by atoms with Crippen molar-refractivity contribution in [1.29, 1.82) is 5.26 Å². The Morgan fingerprint density at radius 3 is 2.27 bits per heavy atom. The first-order valence-corrected chi connectivity index (χ1v) is 8.13. The number of carbonyl (C=O) groups excluding carboxylic acids is 2. The molecule has 0 unspecified atom stereocenters. The lowest BCUT2D eigenvalue weighted by atomic mass is 10.2. The zero-order valence-corrected chi connectivity index (χ0v) is 14.8. The summed E-state index contributed by atoms with van der Waals surface area (Å²) in [6.45, 7) is 1.80. The quantitative estimate of drug-likeness (QED) is 0.537. The molecule has 0 atom stereocenters. The van der Waals surface area contributed by atoms with Crippen molar-refractivity contribution < 1.29 is 9.59 Å². The Balaban J connectivity index is 1.96. The zero-order chi connectivity index (χ0) is 18.9. The molecule has 132 valence electrons. The monoisotopic (exact) mass is 368 g/mol. The molecule has 2 rings (SSSR count). The number of amides is 2. The third-order valence-corrected chi connectivity index (χ3v) is 3.69. The van der Waals surface area contributed by atoms with E-state index in [-0.39, 0.29) is 11.5 Å². The van der Waals surface area contributed by atoms with Crippen LogP contribution in [0.3, 0.4) is 0 Å². The SMILES string of the molecule is CC(=O)Nc1ccc(NC(=O)/C(C#N)=C\NCc2ccccc2Cl)cc1. The van der Waals surface area contributed by atoms with E-state index in [9.17, 15) is 14.9 Å². The van der Waals surface area contributed by atoms with Gasteiger partial charge in [0.25, 0.3) is 5.91 Å². The minimum atomic E-state index is -0.536. The predicted molar refractivity (Wildman–Crippen MR) is 101 cm³/mol. The van der Waals surface area contributed by atoms with Crippen molar-refractivity contribution in [3.63, 3.8) is 0 Å². The van der Waals surface area contributed by atoms with Gasteiger partial charge in [0, 0.05) is 36.1 Å². The van der Waals surface area contributed by atoms with Gasteiger partial charge in [-0.25, -0.2) is 0 Å². The number of anilines is 2. The van der Waals surface area contributed by atoms with Crippen molar-refractivity contribution in [3.8, 4) is 6.07 Å². The number of hydrogen-bond acceptors (Lipinski definition) is 4. The van der Waals surface area contributed by atoms with E-state index in [4.69, 9.17) is 11.6 Å². The molecule has 0 radical (unpaired) electrons. The van der Waals surface area contributed by atoms with E-state index in [1.54, 1.807) is 30.3 Å². The lowest BCUT2D eigenvalue weighted by Gasteiger charge is -2.07. The highest BCUT2D eigenvalue weighted by molar-refractivity contribution is 6.31. The normalized spacial score (nSPS) is 10.6. The molecule has 0 aromatic heterocycles. The minimum Gasteiger partial charge on any atom is -0.386 e. The van der Waals surface area contributed by atoms with Gasteiger partial charge < -0.3 is 16.0 Å². The van der Waals surface area contributed by atoms with Crippen LogP contribution in [0.1, 0.15) is 12.5 Å². The summed E-state index contributed by atoms with van der Waals surface area (Å²) < 4.78 is 0. The Morgan fingerprint density at radius 2 is 1.69 bits per heavy atom. The van der Waals surface area contributed by atoms with Gasteiger partial charge in [0.15, 0.2) is 0 Å². The van der Waals surface area contributed by atoms with Gasteiger partial charge in [0.05, 0.1) is 0 Å². The van der Waals surface area contributed by atoms with Crippen LogP contribution in [-0.4, -0.2) is 11.8 Å². The molecule has 26 heavy (non-hydrogen) atoms. The number of nitrogens with one attached hydrogen (secondary N) is 3. The molecule has 0 heterocycles. The van der Waals surface area contributed by atoms with Crippen molar-refractivity contribution in [3.05, 3.63) is 70.9 Å².